The smallest absolute Gasteiger partial charge is 0.258 e. The van der Waals surface area contributed by atoms with Crippen LogP contribution in [-0.4, -0.2) is 58.8 Å². The highest BCUT2D eigenvalue weighted by molar-refractivity contribution is 7.13. The molecule has 0 radical (unpaired) electrons. The Hall–Kier alpha value is -1.02. The van der Waals surface area contributed by atoms with Gasteiger partial charge in [0.2, 0.25) is 0 Å². The number of piperidine rings is 1. The van der Waals surface area contributed by atoms with Crippen molar-refractivity contribution in [2.24, 2.45) is 0 Å². The van der Waals surface area contributed by atoms with E-state index in [-0.39, 0.29) is 12.0 Å². The highest BCUT2D eigenvalue weighted by Crippen LogP contribution is 2.24. The minimum absolute atomic E-state index is 0.0485. The van der Waals surface area contributed by atoms with Crippen LogP contribution in [0.3, 0.4) is 0 Å². The topological polar surface area (TPSA) is 74.7 Å². The van der Waals surface area contributed by atoms with Crippen LogP contribution in [0, 0.1) is 0 Å². The van der Waals surface area contributed by atoms with E-state index in [0.29, 0.717) is 11.6 Å². The summed E-state index contributed by atoms with van der Waals surface area (Å²) in [7, 11) is 0. The number of carbonyl (C=O) groups is 1. The second kappa shape index (κ2) is 8.19. The minimum atomic E-state index is -0.793. The van der Waals surface area contributed by atoms with Crippen LogP contribution in [-0.2, 0) is 9.53 Å². The van der Waals surface area contributed by atoms with Crippen LogP contribution in [0.4, 0.5) is 5.13 Å². The number of nitrogens with zero attached hydrogens (tertiary/aromatic N) is 2. The summed E-state index contributed by atoms with van der Waals surface area (Å²) in [4.78, 5) is 18.8. The van der Waals surface area contributed by atoms with Crippen LogP contribution in [0.25, 0.3) is 0 Å². The average molecular weight is 339 g/mol. The third-order valence-electron chi connectivity index (χ3n) is 4.61. The lowest BCUT2D eigenvalue weighted by Gasteiger charge is -2.34. The summed E-state index contributed by atoms with van der Waals surface area (Å²) in [6.07, 6.45) is 6.41. The number of aromatic nitrogens is 1. The van der Waals surface area contributed by atoms with Crippen molar-refractivity contribution in [3.8, 4) is 0 Å². The highest BCUT2D eigenvalue weighted by Gasteiger charge is 2.35. The number of aliphatic hydroxyl groups excluding tert-OH is 1. The van der Waals surface area contributed by atoms with E-state index in [1.165, 1.54) is 43.7 Å². The standard InChI is InChI=1S/C16H25N3O3S/c20-13-5-4-12(6-10-19-8-2-1-3-9-19)22-14(13)15(21)18-16-17-7-11-23-16/h7,11-14,20H,1-6,8-10H2,(H,17,18,21)/t12-,13-,14+/m1/s1. The Kier molecular flexibility index (Phi) is 5.99. The Morgan fingerprint density at radius 3 is 2.96 bits per heavy atom. The van der Waals surface area contributed by atoms with Gasteiger partial charge >= 0.3 is 0 Å². The van der Waals surface area contributed by atoms with Crippen molar-refractivity contribution < 1.29 is 14.6 Å². The molecule has 0 aromatic carbocycles. The summed E-state index contributed by atoms with van der Waals surface area (Å²) in [5.41, 5.74) is 0. The monoisotopic (exact) mass is 339 g/mol. The van der Waals surface area contributed by atoms with E-state index in [1.807, 2.05) is 0 Å². The lowest BCUT2D eigenvalue weighted by Crippen LogP contribution is -2.47. The van der Waals surface area contributed by atoms with Crippen molar-refractivity contribution in [2.45, 2.75) is 56.8 Å². The summed E-state index contributed by atoms with van der Waals surface area (Å²) >= 11 is 1.36. The molecule has 2 fully saturated rings. The quantitative estimate of drug-likeness (QED) is 0.856. The molecule has 1 aromatic rings. The average Bonchev–Trinajstić information content (AvgIpc) is 3.08. The van der Waals surface area contributed by atoms with E-state index < -0.39 is 12.2 Å². The molecule has 23 heavy (non-hydrogen) atoms. The molecule has 6 nitrogen and oxygen atoms in total. The highest BCUT2D eigenvalue weighted by atomic mass is 32.1. The normalized spacial score (nSPS) is 29.3. The van der Waals surface area contributed by atoms with Gasteiger partial charge in [-0.05, 0) is 45.2 Å². The van der Waals surface area contributed by atoms with Crippen molar-refractivity contribution in [3.05, 3.63) is 11.6 Å². The Morgan fingerprint density at radius 2 is 2.22 bits per heavy atom. The zero-order valence-corrected chi connectivity index (χ0v) is 14.1. The zero-order chi connectivity index (χ0) is 16.1. The van der Waals surface area contributed by atoms with E-state index in [0.717, 1.165) is 19.4 Å². The first-order valence-electron chi connectivity index (χ1n) is 8.48. The fourth-order valence-corrected chi connectivity index (χ4v) is 3.83. The Morgan fingerprint density at radius 1 is 1.39 bits per heavy atom. The van der Waals surface area contributed by atoms with E-state index in [4.69, 9.17) is 4.74 Å². The lowest BCUT2D eigenvalue weighted by atomic mass is 9.98. The van der Waals surface area contributed by atoms with Gasteiger partial charge in [0, 0.05) is 18.1 Å². The Balaban J connectivity index is 1.48. The number of thiazole rings is 1. The summed E-state index contributed by atoms with van der Waals surface area (Å²) in [6, 6.07) is 0. The molecule has 3 atom stereocenters. The van der Waals surface area contributed by atoms with Crippen LogP contribution in [0.1, 0.15) is 38.5 Å². The molecule has 3 heterocycles. The molecular weight excluding hydrogens is 314 g/mol. The molecule has 2 N–H and O–H groups in total. The number of hydrogen-bond acceptors (Lipinski definition) is 6. The first kappa shape index (κ1) is 16.8. The molecule has 3 rings (SSSR count). The molecule has 2 aliphatic rings. The number of anilines is 1. The van der Waals surface area contributed by atoms with Gasteiger partial charge in [0.05, 0.1) is 12.2 Å². The summed E-state index contributed by atoms with van der Waals surface area (Å²) in [6.45, 7) is 3.36. The summed E-state index contributed by atoms with van der Waals surface area (Å²) in [5.74, 6) is -0.296. The van der Waals surface area contributed by atoms with Crippen LogP contribution in [0.2, 0.25) is 0 Å². The van der Waals surface area contributed by atoms with Gasteiger partial charge in [-0.25, -0.2) is 4.98 Å². The maximum atomic E-state index is 12.3. The minimum Gasteiger partial charge on any atom is -0.390 e. The van der Waals surface area contributed by atoms with E-state index in [1.54, 1.807) is 11.6 Å². The van der Waals surface area contributed by atoms with Gasteiger partial charge in [-0.15, -0.1) is 11.3 Å². The first-order valence-corrected chi connectivity index (χ1v) is 9.36. The number of aliphatic hydroxyl groups is 1. The first-order chi connectivity index (χ1) is 11.2. The molecule has 0 unspecified atom stereocenters. The third kappa shape index (κ3) is 4.73. The number of nitrogens with one attached hydrogen (secondary N) is 1. The number of ether oxygens (including phenoxy) is 1. The molecule has 2 aliphatic heterocycles. The second-order valence-electron chi connectivity index (χ2n) is 6.34. The maximum Gasteiger partial charge on any atom is 0.258 e. The van der Waals surface area contributed by atoms with E-state index >= 15 is 0 Å². The van der Waals surface area contributed by atoms with Crippen molar-refractivity contribution in [1.82, 2.24) is 9.88 Å². The second-order valence-corrected chi connectivity index (χ2v) is 7.24. The third-order valence-corrected chi connectivity index (χ3v) is 5.30. The van der Waals surface area contributed by atoms with E-state index in [2.05, 4.69) is 15.2 Å². The van der Waals surface area contributed by atoms with Crippen molar-refractivity contribution in [2.75, 3.05) is 25.0 Å². The molecule has 0 bridgehead atoms. The van der Waals surface area contributed by atoms with Crippen LogP contribution in [0.15, 0.2) is 11.6 Å². The SMILES string of the molecule is O=C(Nc1nccs1)[C@H]1O[C@@H](CCN2CCCCC2)CC[C@H]1O. The van der Waals surface area contributed by atoms with Crippen molar-refractivity contribution in [3.63, 3.8) is 0 Å². The Bertz CT molecular complexity index is 491. The van der Waals surface area contributed by atoms with E-state index in [9.17, 15) is 9.90 Å². The molecule has 128 valence electrons. The van der Waals surface area contributed by atoms with Crippen LogP contribution >= 0.6 is 11.3 Å². The van der Waals surface area contributed by atoms with Gasteiger partial charge in [-0.3, -0.25) is 10.1 Å². The fraction of sp³-hybridized carbons (Fsp3) is 0.750. The predicted molar refractivity (Wildman–Crippen MR) is 89.6 cm³/mol. The molecule has 0 aliphatic carbocycles. The van der Waals surface area contributed by atoms with Crippen molar-refractivity contribution in [1.29, 1.82) is 0 Å². The van der Waals surface area contributed by atoms with Gasteiger partial charge < -0.3 is 14.7 Å². The van der Waals surface area contributed by atoms with Crippen LogP contribution < -0.4 is 5.32 Å². The van der Waals surface area contributed by atoms with Gasteiger partial charge in [0.25, 0.3) is 5.91 Å². The summed E-state index contributed by atoms with van der Waals surface area (Å²) in [5, 5.41) is 15.2. The van der Waals surface area contributed by atoms with Gasteiger partial charge in [-0.2, -0.15) is 0 Å². The van der Waals surface area contributed by atoms with Gasteiger partial charge in [0.1, 0.15) is 0 Å². The van der Waals surface area contributed by atoms with Crippen molar-refractivity contribution >= 4 is 22.4 Å². The number of hydrogen-bond donors (Lipinski definition) is 2. The van der Waals surface area contributed by atoms with Gasteiger partial charge in [0.15, 0.2) is 11.2 Å². The number of carbonyl (C=O) groups excluding carboxylic acids is 1. The Labute approximate surface area is 140 Å². The molecular formula is C16H25N3O3S. The lowest BCUT2D eigenvalue weighted by molar-refractivity contribution is -0.153. The number of rotatable bonds is 5. The summed E-state index contributed by atoms with van der Waals surface area (Å²) < 4.78 is 5.89. The largest absolute Gasteiger partial charge is 0.390 e. The molecule has 1 aromatic heterocycles. The molecule has 0 spiro atoms. The molecule has 7 heteroatoms. The molecule has 2 saturated heterocycles. The van der Waals surface area contributed by atoms with Gasteiger partial charge in [-0.1, -0.05) is 6.42 Å². The number of amides is 1. The predicted octanol–water partition coefficient (Wildman–Crippen LogP) is 1.87. The molecule has 0 saturated carbocycles. The number of likely N-dealkylation sites (tertiary alicyclic amines) is 1. The maximum absolute atomic E-state index is 12.3. The zero-order valence-electron chi connectivity index (χ0n) is 13.3. The fourth-order valence-electron chi connectivity index (χ4n) is 3.29. The molecule has 1 amide bonds. The van der Waals surface area contributed by atoms with Crippen LogP contribution in [0.5, 0.6) is 0 Å².